The Morgan fingerprint density at radius 3 is 2.38 bits per heavy atom. The molecule has 3 fully saturated rings. The summed E-state index contributed by atoms with van der Waals surface area (Å²) in [5, 5.41) is 5.24. The van der Waals surface area contributed by atoms with Crippen molar-refractivity contribution in [2.75, 3.05) is 0 Å². The molecule has 2 N–H and O–H groups in total. The van der Waals surface area contributed by atoms with E-state index < -0.39 is 41.2 Å². The molecule has 4 rings (SSSR count). The van der Waals surface area contributed by atoms with Gasteiger partial charge in [-0.05, 0) is 74.7 Å². The summed E-state index contributed by atoms with van der Waals surface area (Å²) in [6, 6.07) is -1.88. The van der Waals surface area contributed by atoms with Crippen molar-refractivity contribution in [1.29, 1.82) is 0 Å². The van der Waals surface area contributed by atoms with E-state index in [1.54, 1.807) is 6.08 Å². The number of carbonyl (C=O) groups is 3. The van der Waals surface area contributed by atoms with Crippen LogP contribution in [0.2, 0.25) is 0 Å². The summed E-state index contributed by atoms with van der Waals surface area (Å²) in [6.45, 7) is 5.05. The lowest BCUT2D eigenvalue weighted by atomic mass is 9.48. The first-order valence-electron chi connectivity index (χ1n) is 11.9. The van der Waals surface area contributed by atoms with Crippen molar-refractivity contribution >= 4 is 17.6 Å². The largest absolute Gasteiger partial charge is 0.461 e. The van der Waals surface area contributed by atoms with Crippen LogP contribution < -0.4 is 10.6 Å². The fourth-order valence-corrected chi connectivity index (χ4v) is 7.56. The Bertz CT molecular complexity index is 919. The molecule has 0 radical (unpaired) electrons. The van der Waals surface area contributed by atoms with Gasteiger partial charge in [0.1, 0.15) is 0 Å². The smallest absolute Gasteiger partial charge is 0.349 e. The number of alkyl halides is 5. The highest BCUT2D eigenvalue weighted by Gasteiger charge is 2.65. The Morgan fingerprint density at radius 1 is 1.06 bits per heavy atom. The Labute approximate surface area is 195 Å². The fraction of sp³-hybridized carbons (Fsp3) is 0.792. The van der Waals surface area contributed by atoms with Gasteiger partial charge in [-0.2, -0.15) is 22.0 Å². The monoisotopic (exact) mass is 490 g/mol. The van der Waals surface area contributed by atoms with E-state index in [1.807, 2.05) is 13.0 Å². The van der Waals surface area contributed by atoms with Gasteiger partial charge in [0.2, 0.25) is 17.6 Å². The zero-order chi connectivity index (χ0) is 25.3. The van der Waals surface area contributed by atoms with Gasteiger partial charge in [0.15, 0.2) is 0 Å². The van der Waals surface area contributed by atoms with Gasteiger partial charge in [-0.15, -0.1) is 0 Å². The minimum absolute atomic E-state index is 0.0678. The summed E-state index contributed by atoms with van der Waals surface area (Å²) in [6.07, 6.45) is 2.13. The van der Waals surface area contributed by atoms with Gasteiger partial charge >= 0.3 is 12.1 Å². The number of hydrogen-bond acceptors (Lipinski definition) is 3. The van der Waals surface area contributed by atoms with E-state index in [0.717, 1.165) is 32.6 Å². The average molecular weight is 491 g/mol. The molecule has 190 valence electrons. The second-order valence-electron chi connectivity index (χ2n) is 11.1. The molecule has 10 heteroatoms. The number of nitrogens with one attached hydrogen (secondary N) is 2. The third kappa shape index (κ3) is 3.66. The molecule has 0 saturated heterocycles. The third-order valence-corrected chi connectivity index (χ3v) is 9.42. The first-order chi connectivity index (χ1) is 15.6. The number of Topliss-reactive ketones (excluding diaryl/α,β-unsaturated/α-hetero) is 1. The van der Waals surface area contributed by atoms with Crippen molar-refractivity contribution in [3.63, 3.8) is 0 Å². The van der Waals surface area contributed by atoms with Crippen LogP contribution in [0.25, 0.3) is 0 Å². The van der Waals surface area contributed by atoms with Gasteiger partial charge in [0, 0.05) is 17.4 Å². The van der Waals surface area contributed by atoms with Crippen molar-refractivity contribution < 1.29 is 36.3 Å². The predicted molar refractivity (Wildman–Crippen MR) is 113 cm³/mol. The van der Waals surface area contributed by atoms with E-state index >= 15 is 0 Å². The third-order valence-electron chi connectivity index (χ3n) is 9.42. The standard InChI is InChI=1S/C24H31F5N2O3/c1-12(19(33)23(25,26)24(27,28)29)30-20(34)16-6-5-14-13-4-7-17-22(3,11-9-18(32)31-17)15(13)8-10-21(14,16)2/h9,11-17H,4-8,10H2,1-3H3,(H,30,34)(H,31,32)/t12?,13-,14-,15+,16?,17?,21-,22+/m0/s1. The summed E-state index contributed by atoms with van der Waals surface area (Å²) in [4.78, 5) is 36.7. The Hall–Kier alpha value is -2.00. The number of carbonyl (C=O) groups excluding carboxylic acids is 3. The molecular weight excluding hydrogens is 459 g/mol. The normalized spacial score (nSPS) is 40.5. The van der Waals surface area contributed by atoms with Crippen LogP contribution in [0.1, 0.15) is 59.3 Å². The SMILES string of the molecule is CC(NC(=O)C1CC[C@H]2[C@@H]3CCC4NC(=O)C=C[C@]4(C)[C@@H]3CC[C@]12C)C(=O)C(F)(F)C(F)(F)F. The van der Waals surface area contributed by atoms with Crippen LogP contribution in [0.15, 0.2) is 12.2 Å². The summed E-state index contributed by atoms with van der Waals surface area (Å²) < 4.78 is 64.7. The summed E-state index contributed by atoms with van der Waals surface area (Å²) in [7, 11) is 0. The zero-order valence-electron chi connectivity index (χ0n) is 19.5. The second-order valence-corrected chi connectivity index (χ2v) is 11.1. The van der Waals surface area contributed by atoms with Crippen LogP contribution in [-0.2, 0) is 14.4 Å². The molecule has 0 aromatic heterocycles. The van der Waals surface area contributed by atoms with E-state index in [9.17, 15) is 36.3 Å². The summed E-state index contributed by atoms with van der Waals surface area (Å²) >= 11 is 0. The number of rotatable bonds is 4. The van der Waals surface area contributed by atoms with Gasteiger partial charge in [-0.25, -0.2) is 0 Å². The molecule has 0 aromatic rings. The van der Waals surface area contributed by atoms with Crippen molar-refractivity contribution in [2.24, 2.45) is 34.5 Å². The van der Waals surface area contributed by atoms with Crippen LogP contribution in [0.5, 0.6) is 0 Å². The fourth-order valence-electron chi connectivity index (χ4n) is 7.56. The Balaban J connectivity index is 1.49. The molecule has 34 heavy (non-hydrogen) atoms. The number of hydrogen-bond donors (Lipinski definition) is 2. The van der Waals surface area contributed by atoms with Gasteiger partial charge in [0.05, 0.1) is 6.04 Å². The maximum atomic E-state index is 13.5. The molecule has 3 saturated carbocycles. The molecule has 1 aliphatic heterocycles. The van der Waals surface area contributed by atoms with Gasteiger partial charge in [-0.3, -0.25) is 14.4 Å². The van der Waals surface area contributed by atoms with Crippen molar-refractivity contribution in [1.82, 2.24) is 10.6 Å². The quantitative estimate of drug-likeness (QED) is 0.581. The molecule has 0 aromatic carbocycles. The second kappa shape index (κ2) is 8.01. The van der Waals surface area contributed by atoms with Crippen LogP contribution in [0.3, 0.4) is 0 Å². The molecule has 5 nitrogen and oxygen atoms in total. The Kier molecular flexibility index (Phi) is 5.92. The van der Waals surface area contributed by atoms with E-state index in [1.165, 1.54) is 0 Å². The molecule has 3 unspecified atom stereocenters. The van der Waals surface area contributed by atoms with Crippen molar-refractivity contribution in [3.8, 4) is 0 Å². The molecule has 4 aliphatic rings. The number of fused-ring (bicyclic) bond motifs is 5. The van der Waals surface area contributed by atoms with E-state index in [4.69, 9.17) is 0 Å². The van der Waals surface area contributed by atoms with E-state index in [2.05, 4.69) is 17.6 Å². The molecule has 3 aliphatic carbocycles. The number of halogens is 5. The maximum absolute atomic E-state index is 13.5. The minimum atomic E-state index is -6.01. The molecule has 0 spiro atoms. The first kappa shape index (κ1) is 25.1. The lowest BCUT2D eigenvalue weighted by Gasteiger charge is -2.58. The predicted octanol–water partition coefficient (Wildman–Crippen LogP) is 4.17. The van der Waals surface area contributed by atoms with Crippen LogP contribution in [0.4, 0.5) is 22.0 Å². The highest BCUT2D eigenvalue weighted by atomic mass is 19.4. The van der Waals surface area contributed by atoms with Gasteiger partial charge in [0.25, 0.3) is 0 Å². The lowest BCUT2D eigenvalue weighted by Crippen LogP contribution is -2.60. The number of amides is 2. The van der Waals surface area contributed by atoms with Crippen molar-refractivity contribution in [2.45, 2.75) is 83.5 Å². The van der Waals surface area contributed by atoms with E-state index in [0.29, 0.717) is 24.7 Å². The van der Waals surface area contributed by atoms with Gasteiger partial charge in [-0.1, -0.05) is 19.9 Å². The Morgan fingerprint density at radius 2 is 1.74 bits per heavy atom. The molecule has 2 amide bonds. The van der Waals surface area contributed by atoms with Crippen LogP contribution >= 0.6 is 0 Å². The zero-order valence-corrected chi connectivity index (χ0v) is 19.5. The summed E-state index contributed by atoms with van der Waals surface area (Å²) in [5.74, 6) is -8.29. The summed E-state index contributed by atoms with van der Waals surface area (Å²) in [5.41, 5.74) is -0.603. The lowest BCUT2D eigenvalue weighted by molar-refractivity contribution is -0.269. The van der Waals surface area contributed by atoms with Crippen LogP contribution in [-0.4, -0.2) is 41.8 Å². The van der Waals surface area contributed by atoms with E-state index in [-0.39, 0.29) is 23.3 Å². The van der Waals surface area contributed by atoms with Crippen molar-refractivity contribution in [3.05, 3.63) is 12.2 Å². The van der Waals surface area contributed by atoms with Gasteiger partial charge < -0.3 is 10.6 Å². The topological polar surface area (TPSA) is 75.3 Å². The molecule has 8 atom stereocenters. The number of ketones is 1. The minimum Gasteiger partial charge on any atom is -0.349 e. The highest BCUT2D eigenvalue weighted by molar-refractivity contribution is 5.94. The van der Waals surface area contributed by atoms with Crippen LogP contribution in [0, 0.1) is 34.5 Å². The molecular formula is C24H31F5N2O3. The highest BCUT2D eigenvalue weighted by Crippen LogP contribution is 2.65. The first-order valence-corrected chi connectivity index (χ1v) is 11.9. The molecule has 1 heterocycles. The maximum Gasteiger partial charge on any atom is 0.461 e. The molecule has 0 bridgehead atoms. The average Bonchev–Trinajstić information content (AvgIpc) is 3.10.